The van der Waals surface area contributed by atoms with Gasteiger partial charge in [0.05, 0.1) is 5.69 Å². The second kappa shape index (κ2) is 14.4. The fraction of sp³-hybridized carbons (Fsp3) is 0. The van der Waals surface area contributed by atoms with Gasteiger partial charge in [0.1, 0.15) is 0 Å². The van der Waals surface area contributed by atoms with Crippen molar-refractivity contribution in [2.24, 2.45) is 0 Å². The fourth-order valence-corrected chi connectivity index (χ4v) is 8.02. The van der Waals surface area contributed by atoms with Gasteiger partial charge in [0.15, 0.2) is 0 Å². The molecule has 2 N–H and O–H groups in total. The molecule has 264 valence electrons. The first kappa shape index (κ1) is 33.2. The van der Waals surface area contributed by atoms with Crippen molar-refractivity contribution in [1.82, 2.24) is 0 Å². The number of rotatable bonds is 7. The zero-order valence-corrected chi connectivity index (χ0v) is 30.8. The fourth-order valence-electron chi connectivity index (χ4n) is 8.02. The predicted octanol–water partition coefficient (Wildman–Crippen LogP) is 15.2. The molecule has 1 heterocycles. The van der Waals surface area contributed by atoms with Gasteiger partial charge in [0.2, 0.25) is 0 Å². The molecule has 0 spiro atoms. The van der Waals surface area contributed by atoms with Crippen LogP contribution in [0.2, 0.25) is 0 Å². The molecule has 0 saturated carbocycles. The number of hydrogen-bond acceptors (Lipinski definition) is 2. The van der Waals surface area contributed by atoms with E-state index in [2.05, 4.69) is 223 Å². The van der Waals surface area contributed by atoms with E-state index < -0.39 is 0 Å². The second-order valence-corrected chi connectivity index (χ2v) is 14.3. The molecule has 56 heavy (non-hydrogen) atoms. The summed E-state index contributed by atoms with van der Waals surface area (Å²) < 4.78 is 0. The second-order valence-electron chi connectivity index (χ2n) is 14.3. The number of anilines is 4. The topological polar surface area (TPSA) is 24.1 Å². The lowest BCUT2D eigenvalue weighted by atomic mass is 9.88. The number of benzene rings is 9. The van der Waals surface area contributed by atoms with E-state index in [9.17, 15) is 0 Å². The van der Waals surface area contributed by atoms with Gasteiger partial charge in [0.25, 0.3) is 0 Å². The van der Waals surface area contributed by atoms with Crippen molar-refractivity contribution in [2.75, 3.05) is 10.6 Å². The van der Waals surface area contributed by atoms with Crippen LogP contribution in [0.4, 0.5) is 22.7 Å². The van der Waals surface area contributed by atoms with Crippen molar-refractivity contribution >= 4 is 22.7 Å². The van der Waals surface area contributed by atoms with Crippen LogP contribution in [0, 0.1) is 0 Å². The Balaban J connectivity index is 1.05. The van der Waals surface area contributed by atoms with Gasteiger partial charge in [-0.25, -0.2) is 0 Å². The quantitative estimate of drug-likeness (QED) is 0.172. The number of nitrogens with one attached hydrogen (secondary N) is 2. The maximum Gasteiger partial charge on any atom is 0.0544 e. The normalized spacial score (nSPS) is 11.4. The molecule has 1 aliphatic heterocycles. The maximum atomic E-state index is 3.94. The molecule has 0 aliphatic carbocycles. The van der Waals surface area contributed by atoms with E-state index in [-0.39, 0.29) is 0 Å². The lowest BCUT2D eigenvalue weighted by Crippen LogP contribution is -1.97. The molecule has 2 heteroatoms. The van der Waals surface area contributed by atoms with Crippen molar-refractivity contribution < 1.29 is 0 Å². The third-order valence-electron chi connectivity index (χ3n) is 10.8. The van der Waals surface area contributed by atoms with Crippen LogP contribution in [-0.4, -0.2) is 0 Å². The van der Waals surface area contributed by atoms with Crippen LogP contribution in [0.5, 0.6) is 0 Å². The Morgan fingerprint density at radius 1 is 0.268 bits per heavy atom. The van der Waals surface area contributed by atoms with Crippen LogP contribution >= 0.6 is 0 Å². The molecule has 0 unspecified atom stereocenters. The Kier molecular flexibility index (Phi) is 8.55. The largest absolute Gasteiger partial charge is 0.355 e. The van der Waals surface area contributed by atoms with E-state index in [1.807, 2.05) is 6.07 Å². The van der Waals surface area contributed by atoms with Crippen LogP contribution in [0.15, 0.2) is 218 Å². The molecule has 0 fully saturated rings. The molecule has 10 rings (SSSR count). The molecule has 9 aromatic carbocycles. The van der Waals surface area contributed by atoms with Crippen molar-refractivity contribution in [1.29, 1.82) is 0 Å². The van der Waals surface area contributed by atoms with Crippen molar-refractivity contribution in [3.05, 3.63) is 218 Å². The summed E-state index contributed by atoms with van der Waals surface area (Å²) in [5, 5.41) is 7.55. The van der Waals surface area contributed by atoms with Crippen molar-refractivity contribution in [3.8, 4) is 77.9 Å². The molecule has 0 radical (unpaired) electrons. The number of fused-ring (bicyclic) bond motifs is 5. The Morgan fingerprint density at radius 3 is 1.48 bits per heavy atom. The summed E-state index contributed by atoms with van der Waals surface area (Å²) in [7, 11) is 0. The van der Waals surface area contributed by atoms with Gasteiger partial charge in [-0.2, -0.15) is 0 Å². The lowest BCUT2D eigenvalue weighted by Gasteiger charge is -2.19. The van der Waals surface area contributed by atoms with E-state index in [4.69, 9.17) is 0 Å². The third-order valence-corrected chi connectivity index (χ3v) is 10.8. The maximum absolute atomic E-state index is 3.94. The zero-order valence-electron chi connectivity index (χ0n) is 30.8. The molecular formula is C54H38N2. The average molecular weight is 715 g/mol. The molecule has 0 atom stereocenters. The molecule has 1 aliphatic rings. The first-order valence-corrected chi connectivity index (χ1v) is 19.2. The van der Waals surface area contributed by atoms with E-state index in [0.29, 0.717) is 0 Å². The van der Waals surface area contributed by atoms with Crippen LogP contribution < -0.4 is 10.6 Å². The van der Waals surface area contributed by atoms with Crippen LogP contribution in [0.25, 0.3) is 77.9 Å². The summed E-state index contributed by atoms with van der Waals surface area (Å²) in [6.45, 7) is 0. The smallest absolute Gasteiger partial charge is 0.0544 e. The van der Waals surface area contributed by atoms with Gasteiger partial charge < -0.3 is 10.6 Å². The standard InChI is InChI=1S/C54H38N2/c1-4-15-37(16-5-1)42-31-32-53-50(34-42)47-24-10-11-25-48(47)51-36-44(35-49(54(51)56-53)40-17-6-2-7-18-40)39-29-27-38(28-30-39)41-19-14-20-43(33-41)46-23-12-13-26-52(46)55-45-21-8-3-9-22-45/h1-36,55-56H. The summed E-state index contributed by atoms with van der Waals surface area (Å²) in [5.41, 5.74) is 21.0. The van der Waals surface area contributed by atoms with Crippen molar-refractivity contribution in [2.45, 2.75) is 0 Å². The Labute approximate surface area is 328 Å². The molecule has 0 bridgehead atoms. The zero-order chi connectivity index (χ0) is 37.3. The molecule has 2 nitrogen and oxygen atoms in total. The first-order chi connectivity index (χ1) is 27.7. The molecule has 9 aromatic rings. The third kappa shape index (κ3) is 6.34. The van der Waals surface area contributed by atoms with Gasteiger partial charge in [-0.3, -0.25) is 0 Å². The van der Waals surface area contributed by atoms with Crippen molar-refractivity contribution in [3.63, 3.8) is 0 Å². The Bertz CT molecular complexity index is 2820. The minimum atomic E-state index is 1.07. The highest BCUT2D eigenvalue weighted by Gasteiger charge is 2.23. The van der Waals surface area contributed by atoms with Gasteiger partial charge in [0, 0.05) is 39.3 Å². The van der Waals surface area contributed by atoms with Crippen LogP contribution in [-0.2, 0) is 0 Å². The summed E-state index contributed by atoms with van der Waals surface area (Å²) >= 11 is 0. The highest BCUT2D eigenvalue weighted by atomic mass is 14.9. The van der Waals surface area contributed by atoms with Crippen LogP contribution in [0.1, 0.15) is 0 Å². The summed E-state index contributed by atoms with van der Waals surface area (Å²) in [4.78, 5) is 0. The average Bonchev–Trinajstić information content (AvgIpc) is 3.41. The summed E-state index contributed by atoms with van der Waals surface area (Å²) in [5.74, 6) is 0. The van der Waals surface area contributed by atoms with E-state index in [1.165, 1.54) is 77.9 Å². The molecule has 0 aromatic heterocycles. The minimum absolute atomic E-state index is 1.07. The van der Waals surface area contributed by atoms with Gasteiger partial charge in [-0.15, -0.1) is 0 Å². The Hall–Kier alpha value is -7.42. The number of para-hydroxylation sites is 2. The number of hydrogen-bond donors (Lipinski definition) is 2. The molecule has 0 saturated heterocycles. The van der Waals surface area contributed by atoms with Crippen LogP contribution in [0.3, 0.4) is 0 Å². The van der Waals surface area contributed by atoms with Gasteiger partial charge in [-0.1, -0.05) is 170 Å². The van der Waals surface area contributed by atoms with Gasteiger partial charge in [-0.05, 0) is 104 Å². The monoisotopic (exact) mass is 714 g/mol. The predicted molar refractivity (Wildman–Crippen MR) is 238 cm³/mol. The van der Waals surface area contributed by atoms with E-state index in [1.54, 1.807) is 0 Å². The Morgan fingerprint density at radius 2 is 0.750 bits per heavy atom. The highest BCUT2D eigenvalue weighted by Crippen LogP contribution is 2.50. The lowest BCUT2D eigenvalue weighted by molar-refractivity contribution is 1.52. The SMILES string of the molecule is c1ccc(Nc2ccccc2-c2cccc(-c3ccc(-c4cc(-c5ccccc5)c5c(c4)-c4ccccc4-c4cc(-c6ccccc6)ccc4N5)cc3)c2)cc1. The minimum Gasteiger partial charge on any atom is -0.355 e. The molecular weight excluding hydrogens is 677 g/mol. The summed E-state index contributed by atoms with van der Waals surface area (Å²) in [6, 6.07) is 78.4. The highest BCUT2D eigenvalue weighted by molar-refractivity contribution is 6.05. The first-order valence-electron chi connectivity index (χ1n) is 19.2. The summed E-state index contributed by atoms with van der Waals surface area (Å²) in [6.07, 6.45) is 0. The van der Waals surface area contributed by atoms with E-state index in [0.717, 1.165) is 22.7 Å². The molecule has 0 amide bonds. The van der Waals surface area contributed by atoms with E-state index >= 15 is 0 Å². The van der Waals surface area contributed by atoms with Gasteiger partial charge >= 0.3 is 0 Å².